The molecule has 2 aromatic heterocycles. The van der Waals surface area contributed by atoms with Crippen molar-refractivity contribution in [3.05, 3.63) is 120 Å². The first kappa shape index (κ1) is 42.0. The number of sulfone groups is 1. The maximum atomic E-state index is 15.7. The van der Waals surface area contributed by atoms with Crippen molar-refractivity contribution in [2.24, 2.45) is 0 Å². The summed E-state index contributed by atoms with van der Waals surface area (Å²) < 4.78 is 78.0. The lowest BCUT2D eigenvalue weighted by atomic mass is 10.0. The van der Waals surface area contributed by atoms with E-state index in [1.165, 1.54) is 21.4 Å². The van der Waals surface area contributed by atoms with Gasteiger partial charge in [-0.05, 0) is 88.1 Å². The molecule has 0 bridgehead atoms. The molecule has 14 nitrogen and oxygen atoms in total. The van der Waals surface area contributed by atoms with E-state index in [2.05, 4.69) is 40.0 Å². The minimum atomic E-state index is -4.74. The molecule has 304 valence electrons. The number of methoxy groups -OCH3 is 3. The van der Waals surface area contributed by atoms with Crippen molar-refractivity contribution in [2.75, 3.05) is 32.8 Å². The number of nitrogens with zero attached hydrogens (tertiary/aromatic N) is 6. The van der Waals surface area contributed by atoms with Gasteiger partial charge in [0.05, 0.1) is 44.1 Å². The Bertz CT molecular complexity index is 2510. The molecule has 0 fully saturated rings. The van der Waals surface area contributed by atoms with Crippen LogP contribution in [0.5, 0.6) is 17.2 Å². The highest BCUT2D eigenvalue weighted by Crippen LogP contribution is 2.42. The smallest absolute Gasteiger partial charge is 0.245 e. The molecule has 0 saturated carbocycles. The minimum absolute atomic E-state index is 0.0314. The van der Waals surface area contributed by atoms with Crippen molar-refractivity contribution in [3.8, 4) is 39.8 Å². The summed E-state index contributed by atoms with van der Waals surface area (Å²) in [5, 5.41) is 13.4. The average molecular weight is 842 g/mol. The summed E-state index contributed by atoms with van der Waals surface area (Å²) in [6.07, 6.45) is 1.50. The van der Waals surface area contributed by atoms with Crippen LogP contribution in [0.15, 0.2) is 113 Å². The van der Waals surface area contributed by atoms with E-state index < -0.39 is 32.8 Å². The molecule has 6 rings (SSSR count). The number of sulfonamides is 1. The molecule has 6 aromatic rings. The van der Waals surface area contributed by atoms with Gasteiger partial charge in [-0.15, -0.1) is 10.2 Å². The fourth-order valence-corrected chi connectivity index (χ4v) is 12.9. The third-order valence-electron chi connectivity index (χ3n) is 9.47. The predicted octanol–water partition coefficient (Wildman–Crippen LogP) is 6.56. The highest BCUT2D eigenvalue weighted by Gasteiger charge is 2.38. The third kappa shape index (κ3) is 9.90. The second-order valence-corrected chi connectivity index (χ2v) is 24.5. The van der Waals surface area contributed by atoms with Gasteiger partial charge in [-0.3, -0.25) is 0 Å². The van der Waals surface area contributed by atoms with Crippen molar-refractivity contribution in [3.63, 3.8) is 0 Å². The minimum Gasteiger partial charge on any atom is -0.497 e. The van der Waals surface area contributed by atoms with Gasteiger partial charge in [-0.25, -0.2) is 21.8 Å². The van der Waals surface area contributed by atoms with Crippen LogP contribution < -0.4 is 19.9 Å². The Kier molecular flexibility index (Phi) is 12.7. The molecular weight excluding hydrogens is 795 g/mol. The molecule has 0 aliphatic heterocycles. The number of aromatic nitrogens is 5. The molecule has 2 heterocycles. The van der Waals surface area contributed by atoms with E-state index in [-0.39, 0.29) is 47.5 Å². The van der Waals surface area contributed by atoms with E-state index in [4.69, 9.17) is 19.9 Å². The molecule has 0 spiro atoms. The summed E-state index contributed by atoms with van der Waals surface area (Å²) in [5.41, 5.74) is 8.85. The van der Waals surface area contributed by atoms with Gasteiger partial charge in [0.25, 0.3) is 0 Å². The highest BCUT2D eigenvalue weighted by molar-refractivity contribution is 7.93. The van der Waals surface area contributed by atoms with Gasteiger partial charge in [-0.2, -0.15) is 9.10 Å². The Morgan fingerprint density at radius 1 is 0.707 bits per heavy atom. The average Bonchev–Trinajstić information content (AvgIpc) is 3.68. The zero-order valence-electron chi connectivity index (χ0n) is 33.3. The Hall–Kier alpha value is -5.62. The summed E-state index contributed by atoms with van der Waals surface area (Å²) in [6, 6.07) is 28.0. The number of hydrogen-bond acceptors (Lipinski definition) is 12. The summed E-state index contributed by atoms with van der Waals surface area (Å²) >= 11 is 0. The summed E-state index contributed by atoms with van der Waals surface area (Å²) in [4.78, 5) is 4.79. The molecule has 0 amide bonds. The summed E-state index contributed by atoms with van der Waals surface area (Å²) in [7, 11) is -6.21. The number of hydrogen-bond donors (Lipinski definition) is 1. The standard InChI is InChI=1S/C41H47N7O7S2Si/c1-53-33-14-7-29(8-15-33)26-47(27-30-9-16-34(54-2)17-10-30)57(51,52)40-37(56(49,50)23-24-58(4,5)6)21-20-36(32-13-22-38(42)43-25-32)39(40)41-44-46-48(45-41)28-31-11-18-35(55-3)19-12-31/h7-22,25H,23-24,26-28H2,1-6H3,(H2,42,43). The molecule has 0 aliphatic carbocycles. The Morgan fingerprint density at radius 2 is 1.24 bits per heavy atom. The highest BCUT2D eigenvalue weighted by atomic mass is 32.2. The molecule has 0 saturated heterocycles. The van der Waals surface area contributed by atoms with E-state index in [9.17, 15) is 8.42 Å². The molecule has 4 aromatic carbocycles. The van der Waals surface area contributed by atoms with E-state index in [1.54, 1.807) is 100 Å². The summed E-state index contributed by atoms with van der Waals surface area (Å²) in [5.74, 6) is 1.78. The number of pyridine rings is 1. The van der Waals surface area contributed by atoms with Gasteiger partial charge >= 0.3 is 0 Å². The van der Waals surface area contributed by atoms with E-state index in [1.807, 2.05) is 12.1 Å². The molecule has 17 heteroatoms. The van der Waals surface area contributed by atoms with E-state index in [0.717, 1.165) is 5.56 Å². The molecule has 2 N–H and O–H groups in total. The first-order chi connectivity index (χ1) is 27.6. The van der Waals surface area contributed by atoms with Crippen LogP contribution in [0.25, 0.3) is 22.5 Å². The van der Waals surface area contributed by atoms with Gasteiger partial charge in [0.2, 0.25) is 15.8 Å². The van der Waals surface area contributed by atoms with Crippen LogP contribution in [-0.4, -0.2) is 81.5 Å². The third-order valence-corrected chi connectivity index (χ3v) is 15.3. The molecule has 0 unspecified atom stereocenters. The maximum absolute atomic E-state index is 15.7. The number of nitrogens with two attached hydrogens (primary N) is 1. The lowest BCUT2D eigenvalue weighted by molar-refractivity contribution is 0.396. The number of tetrazole rings is 1. The van der Waals surface area contributed by atoms with Gasteiger partial charge in [-0.1, -0.05) is 62.1 Å². The van der Waals surface area contributed by atoms with Crippen LogP contribution >= 0.6 is 0 Å². The zero-order chi connectivity index (χ0) is 41.7. The Morgan fingerprint density at radius 3 is 1.72 bits per heavy atom. The van der Waals surface area contributed by atoms with Crippen molar-refractivity contribution in [2.45, 2.75) is 55.1 Å². The molecule has 58 heavy (non-hydrogen) atoms. The summed E-state index contributed by atoms with van der Waals surface area (Å²) in [6.45, 7) is 6.17. The molecule has 0 aliphatic rings. The Labute approximate surface area is 340 Å². The van der Waals surface area contributed by atoms with Crippen LogP contribution in [-0.2, 0) is 39.5 Å². The van der Waals surface area contributed by atoms with Gasteiger partial charge in [0.15, 0.2) is 9.84 Å². The van der Waals surface area contributed by atoms with Crippen molar-refractivity contribution in [1.29, 1.82) is 0 Å². The lowest BCUT2D eigenvalue weighted by Gasteiger charge is -2.26. The fraction of sp³-hybridized carbons (Fsp3) is 0.268. The van der Waals surface area contributed by atoms with Crippen LogP contribution in [0.4, 0.5) is 5.82 Å². The topological polar surface area (TPSA) is 182 Å². The van der Waals surface area contributed by atoms with Crippen LogP contribution in [0.2, 0.25) is 25.7 Å². The number of benzene rings is 4. The quantitative estimate of drug-likeness (QED) is 0.0979. The molecule has 0 radical (unpaired) electrons. The lowest BCUT2D eigenvalue weighted by Crippen LogP contribution is -2.32. The number of anilines is 1. The first-order valence-electron chi connectivity index (χ1n) is 18.4. The number of nitrogen functional groups attached to an aromatic ring is 1. The fourth-order valence-electron chi connectivity index (χ4n) is 6.17. The van der Waals surface area contributed by atoms with Gasteiger partial charge in [0, 0.05) is 32.9 Å². The number of rotatable bonds is 17. The largest absolute Gasteiger partial charge is 0.497 e. The second kappa shape index (κ2) is 17.5. The van der Waals surface area contributed by atoms with Crippen molar-refractivity contribution < 1.29 is 31.0 Å². The van der Waals surface area contributed by atoms with Crippen molar-refractivity contribution >= 4 is 33.8 Å². The second-order valence-electron chi connectivity index (χ2n) is 14.9. The van der Waals surface area contributed by atoms with Crippen LogP contribution in [0, 0.1) is 0 Å². The van der Waals surface area contributed by atoms with Gasteiger partial charge < -0.3 is 19.9 Å². The van der Waals surface area contributed by atoms with Crippen LogP contribution in [0.3, 0.4) is 0 Å². The zero-order valence-corrected chi connectivity index (χ0v) is 35.9. The van der Waals surface area contributed by atoms with Gasteiger partial charge in [0.1, 0.15) is 28.0 Å². The number of ether oxygens (including phenoxy) is 3. The molecule has 0 atom stereocenters. The normalized spacial score (nSPS) is 12.1. The Balaban J connectivity index is 1.61. The monoisotopic (exact) mass is 841 g/mol. The van der Waals surface area contributed by atoms with E-state index >= 15 is 8.42 Å². The van der Waals surface area contributed by atoms with E-state index in [0.29, 0.717) is 45.5 Å². The maximum Gasteiger partial charge on any atom is 0.245 e. The SMILES string of the molecule is COc1ccc(CN(Cc2ccc(OC)cc2)S(=O)(=O)c2c(S(=O)(=O)CC[Si](C)(C)C)ccc(-c3ccc(N)nc3)c2-c2nnn(Cc3ccc(OC)cc3)n2)cc1. The first-order valence-corrected chi connectivity index (χ1v) is 25.2. The predicted molar refractivity (Wildman–Crippen MR) is 226 cm³/mol. The molecular formula is C41H47N7O7S2Si. The van der Waals surface area contributed by atoms with Crippen molar-refractivity contribution in [1.82, 2.24) is 29.5 Å². The van der Waals surface area contributed by atoms with Crippen LogP contribution in [0.1, 0.15) is 16.7 Å².